The van der Waals surface area contributed by atoms with Crippen LogP contribution in [-0.2, 0) is 9.53 Å². The number of aliphatic hydroxyl groups is 2. The van der Waals surface area contributed by atoms with Gasteiger partial charge in [-0.1, -0.05) is 44.8 Å². The van der Waals surface area contributed by atoms with Gasteiger partial charge in [-0.05, 0) is 32.1 Å². The molecule has 0 radical (unpaired) electrons. The number of carbonyl (C=O) groups excluding carboxylic acids is 1. The normalized spacial score (nSPS) is 12.7. The van der Waals surface area contributed by atoms with Crippen molar-refractivity contribution >= 4 is 5.97 Å². The van der Waals surface area contributed by atoms with Crippen molar-refractivity contribution in [3.8, 4) is 0 Å². The second-order valence-electron chi connectivity index (χ2n) is 5.44. The molecule has 0 fully saturated rings. The number of rotatable bonds is 14. The molecule has 0 saturated heterocycles. The second-order valence-corrected chi connectivity index (χ2v) is 5.44. The Balaban J connectivity index is 3.26. The molecule has 0 aromatic heterocycles. The number of allylic oxidation sites excluding steroid dienone is 2. The van der Waals surface area contributed by atoms with Crippen molar-refractivity contribution in [2.24, 2.45) is 0 Å². The Bertz CT molecular complexity index is 264. The summed E-state index contributed by atoms with van der Waals surface area (Å²) in [6.07, 6.45) is 14.3. The van der Waals surface area contributed by atoms with Crippen molar-refractivity contribution in [1.29, 1.82) is 0 Å². The van der Waals surface area contributed by atoms with E-state index in [1.165, 1.54) is 32.1 Å². The first-order valence-corrected chi connectivity index (χ1v) is 8.30. The number of hydrogen-bond acceptors (Lipinski definition) is 4. The first-order valence-electron chi connectivity index (χ1n) is 8.30. The highest BCUT2D eigenvalue weighted by Crippen LogP contribution is 2.08. The number of hydrogen-bond donors (Lipinski definition) is 2. The van der Waals surface area contributed by atoms with Gasteiger partial charge in [-0.15, -0.1) is 0 Å². The maximum Gasteiger partial charge on any atom is 0.305 e. The number of unbranched alkanes of at least 4 members (excludes halogenated alkanes) is 7. The molecule has 0 aliphatic heterocycles. The lowest BCUT2D eigenvalue weighted by Gasteiger charge is -2.08. The van der Waals surface area contributed by atoms with E-state index in [0.717, 1.165) is 25.7 Å². The van der Waals surface area contributed by atoms with E-state index >= 15 is 0 Å². The maximum atomic E-state index is 11.3. The SMILES string of the molecule is CCCCCC=CCCCCCCC(=O)OCC(O)CO. The quantitative estimate of drug-likeness (QED) is 0.293. The van der Waals surface area contributed by atoms with E-state index in [-0.39, 0.29) is 19.2 Å². The molecule has 0 heterocycles. The van der Waals surface area contributed by atoms with E-state index in [1.807, 2.05) is 0 Å². The molecule has 0 amide bonds. The highest BCUT2D eigenvalue weighted by atomic mass is 16.5. The average Bonchev–Trinajstić information content (AvgIpc) is 2.50. The van der Waals surface area contributed by atoms with Crippen LogP contribution in [0.4, 0.5) is 0 Å². The lowest BCUT2D eigenvalue weighted by atomic mass is 10.1. The minimum absolute atomic E-state index is 0.113. The van der Waals surface area contributed by atoms with Crippen LogP contribution in [0.3, 0.4) is 0 Å². The predicted molar refractivity (Wildman–Crippen MR) is 85.0 cm³/mol. The van der Waals surface area contributed by atoms with E-state index < -0.39 is 6.10 Å². The molecule has 21 heavy (non-hydrogen) atoms. The summed E-state index contributed by atoms with van der Waals surface area (Å²) in [6, 6.07) is 0. The Labute approximate surface area is 129 Å². The van der Waals surface area contributed by atoms with E-state index in [1.54, 1.807) is 0 Å². The van der Waals surface area contributed by atoms with Crippen LogP contribution >= 0.6 is 0 Å². The minimum Gasteiger partial charge on any atom is -0.463 e. The molecule has 0 aliphatic rings. The van der Waals surface area contributed by atoms with E-state index in [0.29, 0.717) is 6.42 Å². The molecule has 1 unspecified atom stereocenters. The van der Waals surface area contributed by atoms with Crippen LogP contribution < -0.4 is 0 Å². The fourth-order valence-electron chi connectivity index (χ4n) is 1.95. The topological polar surface area (TPSA) is 66.8 Å². The molecule has 0 bridgehead atoms. The van der Waals surface area contributed by atoms with Crippen molar-refractivity contribution in [2.45, 2.75) is 77.2 Å². The Morgan fingerprint density at radius 2 is 1.67 bits per heavy atom. The Morgan fingerprint density at radius 1 is 1.05 bits per heavy atom. The van der Waals surface area contributed by atoms with Gasteiger partial charge in [0.15, 0.2) is 0 Å². The highest BCUT2D eigenvalue weighted by Gasteiger charge is 2.07. The first kappa shape index (κ1) is 20.1. The summed E-state index contributed by atoms with van der Waals surface area (Å²) >= 11 is 0. The average molecular weight is 300 g/mol. The van der Waals surface area contributed by atoms with Crippen molar-refractivity contribution < 1.29 is 19.7 Å². The summed E-state index contributed by atoms with van der Waals surface area (Å²) in [4.78, 5) is 11.3. The van der Waals surface area contributed by atoms with Crippen molar-refractivity contribution in [2.75, 3.05) is 13.2 Å². The summed E-state index contributed by atoms with van der Waals surface area (Å²) < 4.78 is 4.83. The standard InChI is InChI=1S/C17H32O4/c1-2-3-4-5-6-7-8-9-10-11-12-13-17(20)21-15-16(19)14-18/h6-7,16,18-19H,2-5,8-15H2,1H3. The molecule has 0 spiro atoms. The maximum absolute atomic E-state index is 11.3. The third-order valence-electron chi connectivity index (χ3n) is 3.29. The molecule has 124 valence electrons. The van der Waals surface area contributed by atoms with Crippen LogP contribution in [0, 0.1) is 0 Å². The monoisotopic (exact) mass is 300 g/mol. The molecule has 0 aromatic rings. The van der Waals surface area contributed by atoms with Crippen LogP contribution in [0.5, 0.6) is 0 Å². The highest BCUT2D eigenvalue weighted by molar-refractivity contribution is 5.69. The van der Waals surface area contributed by atoms with E-state index in [9.17, 15) is 4.79 Å². The fourth-order valence-corrected chi connectivity index (χ4v) is 1.95. The van der Waals surface area contributed by atoms with Crippen molar-refractivity contribution in [1.82, 2.24) is 0 Å². The molecular formula is C17H32O4. The smallest absolute Gasteiger partial charge is 0.305 e. The molecule has 4 heteroatoms. The van der Waals surface area contributed by atoms with Gasteiger partial charge in [-0.2, -0.15) is 0 Å². The second kappa shape index (κ2) is 15.5. The zero-order chi connectivity index (χ0) is 15.8. The van der Waals surface area contributed by atoms with Gasteiger partial charge >= 0.3 is 5.97 Å². The summed E-state index contributed by atoms with van der Waals surface area (Å²) in [5, 5.41) is 17.6. The van der Waals surface area contributed by atoms with Crippen LogP contribution in [0.25, 0.3) is 0 Å². The Morgan fingerprint density at radius 3 is 2.29 bits per heavy atom. The first-order chi connectivity index (χ1) is 10.2. The summed E-state index contributed by atoms with van der Waals surface area (Å²) in [7, 11) is 0. The summed E-state index contributed by atoms with van der Waals surface area (Å²) in [6.45, 7) is 1.73. The Kier molecular flexibility index (Phi) is 14.9. The van der Waals surface area contributed by atoms with Gasteiger partial charge in [0, 0.05) is 6.42 Å². The third-order valence-corrected chi connectivity index (χ3v) is 3.29. The van der Waals surface area contributed by atoms with Gasteiger partial charge in [0.2, 0.25) is 0 Å². The molecule has 4 nitrogen and oxygen atoms in total. The molecule has 0 saturated carbocycles. The largest absolute Gasteiger partial charge is 0.463 e. The predicted octanol–water partition coefficient (Wildman–Crippen LogP) is 3.36. The number of aliphatic hydroxyl groups excluding tert-OH is 2. The Hall–Kier alpha value is -0.870. The van der Waals surface area contributed by atoms with Gasteiger partial charge in [0.1, 0.15) is 12.7 Å². The third kappa shape index (κ3) is 15.3. The molecule has 0 rings (SSSR count). The van der Waals surface area contributed by atoms with Gasteiger partial charge < -0.3 is 14.9 Å². The van der Waals surface area contributed by atoms with Crippen molar-refractivity contribution in [3.05, 3.63) is 12.2 Å². The summed E-state index contributed by atoms with van der Waals surface area (Å²) in [5.41, 5.74) is 0. The van der Waals surface area contributed by atoms with E-state index in [2.05, 4.69) is 19.1 Å². The van der Waals surface area contributed by atoms with Crippen molar-refractivity contribution in [3.63, 3.8) is 0 Å². The van der Waals surface area contributed by atoms with Crippen LogP contribution in [-0.4, -0.2) is 35.5 Å². The van der Waals surface area contributed by atoms with Crippen LogP contribution in [0.1, 0.15) is 71.1 Å². The lowest BCUT2D eigenvalue weighted by molar-refractivity contribution is -0.147. The van der Waals surface area contributed by atoms with Crippen LogP contribution in [0.15, 0.2) is 12.2 Å². The van der Waals surface area contributed by atoms with Crippen LogP contribution in [0.2, 0.25) is 0 Å². The minimum atomic E-state index is -0.960. The van der Waals surface area contributed by atoms with Gasteiger partial charge in [0.05, 0.1) is 6.61 Å². The molecule has 0 aromatic carbocycles. The van der Waals surface area contributed by atoms with E-state index in [4.69, 9.17) is 14.9 Å². The molecular weight excluding hydrogens is 268 g/mol. The molecule has 0 aliphatic carbocycles. The molecule has 2 N–H and O–H groups in total. The van der Waals surface area contributed by atoms with Gasteiger partial charge in [0.25, 0.3) is 0 Å². The number of esters is 1. The number of carbonyl (C=O) groups is 1. The zero-order valence-electron chi connectivity index (χ0n) is 13.4. The fraction of sp³-hybridized carbons (Fsp3) is 0.824. The number of ether oxygens (including phenoxy) is 1. The zero-order valence-corrected chi connectivity index (χ0v) is 13.4. The van der Waals surface area contributed by atoms with Gasteiger partial charge in [-0.3, -0.25) is 4.79 Å². The summed E-state index contributed by atoms with van der Waals surface area (Å²) in [5.74, 6) is -0.293. The molecule has 1 atom stereocenters. The van der Waals surface area contributed by atoms with Gasteiger partial charge in [-0.25, -0.2) is 0 Å². The lowest BCUT2D eigenvalue weighted by Crippen LogP contribution is -2.21.